The number of rotatable bonds is 9. The molecular formula is C14H32FN5O4S. The van der Waals surface area contributed by atoms with Crippen LogP contribution >= 0.6 is 0 Å². The fourth-order valence-corrected chi connectivity index (χ4v) is 2.23. The van der Waals surface area contributed by atoms with Gasteiger partial charge in [-0.3, -0.25) is 14.2 Å². The van der Waals surface area contributed by atoms with Gasteiger partial charge in [0, 0.05) is 9.97 Å². The standard InChI is InChI=1S/C13H21N5O4S.CH4.FH.3H2/c1-2-23(20,21)18-11-5-3-4-10(8-11)9-12(19)16-6-7-22-17-13(14)15;;;;;/h3-5,8,18H,2,6-7,9H2,1H3,(H,16,19)(H4,14,15,17);1H4;4*1H/i/hT. The second-order valence-corrected chi connectivity index (χ2v) is 6.59. The number of nitrogens with two attached hydrogens (primary N) is 2. The van der Waals surface area contributed by atoms with Crippen LogP contribution in [0.15, 0.2) is 29.4 Å². The Balaban J connectivity index is -0.000000310. The zero-order valence-electron chi connectivity index (χ0n) is 14.2. The maximum Gasteiger partial charge on any atom is 0.269 e. The Kier molecular flexibility index (Phi) is 10.7. The monoisotopic (exact) mass is 387 g/mol. The SMILES string of the molecule is C.CCS(=O)(=O)Nc1cccc(CC(=O)NCCON=C(N)N)c1.[3H]F.[HH].[HH].[HH]. The largest absolute Gasteiger partial charge is 0.391 e. The molecule has 0 saturated carbocycles. The number of hydrogen-bond donors (Lipinski definition) is 4. The van der Waals surface area contributed by atoms with Crippen LogP contribution in [-0.2, 0) is 26.1 Å². The molecule has 0 heterocycles. The summed E-state index contributed by atoms with van der Waals surface area (Å²) in [7, 11) is -3.35. The molecule has 0 aliphatic heterocycles. The van der Waals surface area contributed by atoms with Crippen LogP contribution in [0, 0.1) is 0 Å². The Labute approximate surface area is 153 Å². The number of nitrogens with one attached hydrogen (secondary N) is 2. The van der Waals surface area contributed by atoms with Crippen LogP contribution in [0.2, 0.25) is 0 Å². The van der Waals surface area contributed by atoms with Gasteiger partial charge in [0.2, 0.25) is 21.9 Å². The molecule has 9 nitrogen and oxygen atoms in total. The van der Waals surface area contributed by atoms with Gasteiger partial charge in [-0.25, -0.2) is 8.42 Å². The van der Waals surface area contributed by atoms with Crippen LogP contribution in [-0.4, -0.2) is 40.6 Å². The first-order chi connectivity index (χ1) is 11.8. The molecule has 1 amide bonds. The molecule has 0 aromatic heterocycles. The first kappa shape index (κ1) is 22.4. The van der Waals surface area contributed by atoms with E-state index in [1.165, 1.54) is 0 Å². The number of halogens is 1. The van der Waals surface area contributed by atoms with Crippen molar-refractivity contribution < 1.29 is 27.0 Å². The number of guanidine groups is 1. The molecule has 11 heteroatoms. The summed E-state index contributed by atoms with van der Waals surface area (Å²) in [5, 5.41) is 5.95. The second-order valence-electron chi connectivity index (χ2n) is 4.58. The quantitative estimate of drug-likeness (QED) is 0.213. The van der Waals surface area contributed by atoms with Crippen molar-refractivity contribution in [2.24, 2.45) is 16.6 Å². The van der Waals surface area contributed by atoms with E-state index >= 15 is 0 Å². The Morgan fingerprint density at radius 2 is 2.12 bits per heavy atom. The summed E-state index contributed by atoms with van der Waals surface area (Å²) < 4.78 is 38.5. The minimum absolute atomic E-state index is 0. The van der Waals surface area contributed by atoms with Crippen LogP contribution in [0.4, 0.5) is 10.4 Å². The summed E-state index contributed by atoms with van der Waals surface area (Å²) in [5.41, 5.74) is 11.3. The van der Waals surface area contributed by atoms with Gasteiger partial charge in [-0.2, -0.15) is 0 Å². The zero-order valence-corrected chi connectivity index (χ0v) is 14.0. The van der Waals surface area contributed by atoms with Crippen LogP contribution in [0.25, 0.3) is 0 Å². The lowest BCUT2D eigenvalue weighted by Crippen LogP contribution is -2.29. The molecular weight excluding hydrogens is 353 g/mol. The second kappa shape index (κ2) is 11.9. The molecule has 0 radical (unpaired) electrons. The number of hydrogen-bond acceptors (Lipinski definition) is 5. The predicted octanol–water partition coefficient (Wildman–Crippen LogP) is 0.839. The highest BCUT2D eigenvalue weighted by Crippen LogP contribution is 2.13. The molecule has 6 N–H and O–H groups in total. The van der Waals surface area contributed by atoms with Gasteiger partial charge in [0.25, 0.3) is 1.45 Å². The van der Waals surface area contributed by atoms with Gasteiger partial charge >= 0.3 is 0 Å². The summed E-state index contributed by atoms with van der Waals surface area (Å²) in [5.74, 6) is -0.440. The normalized spacial score (nSPS) is 10.1. The van der Waals surface area contributed by atoms with Crippen molar-refractivity contribution in [1.82, 2.24) is 5.32 Å². The Morgan fingerprint density at radius 1 is 1.44 bits per heavy atom. The third-order valence-electron chi connectivity index (χ3n) is 2.63. The smallest absolute Gasteiger partial charge is 0.269 e. The number of benzene rings is 1. The summed E-state index contributed by atoms with van der Waals surface area (Å²) in [6, 6.07) is 6.65. The van der Waals surface area contributed by atoms with Crippen molar-refractivity contribution in [2.45, 2.75) is 20.8 Å². The van der Waals surface area contributed by atoms with E-state index in [0.717, 1.165) is 0 Å². The van der Waals surface area contributed by atoms with Crippen molar-refractivity contribution in [3.8, 4) is 0 Å². The Morgan fingerprint density at radius 3 is 2.72 bits per heavy atom. The molecule has 0 saturated heterocycles. The average molecular weight is 388 g/mol. The summed E-state index contributed by atoms with van der Waals surface area (Å²) in [6.07, 6.45) is 0.115. The molecule has 0 fully saturated rings. The number of amides is 1. The molecule has 150 valence electrons. The number of sulfonamides is 1. The number of oxime groups is 1. The highest BCUT2D eigenvalue weighted by atomic mass is 32.2. The summed E-state index contributed by atoms with van der Waals surface area (Å²) in [4.78, 5) is 16.5. The molecule has 0 unspecified atom stereocenters. The number of carbonyl (C=O) groups is 1. The Bertz CT molecular complexity index is 680. The van der Waals surface area contributed by atoms with Gasteiger partial charge < -0.3 is 21.6 Å². The van der Waals surface area contributed by atoms with E-state index in [1.807, 2.05) is 0 Å². The average Bonchev–Trinajstić information content (AvgIpc) is 2.56. The third kappa shape index (κ3) is 10.8. The van der Waals surface area contributed by atoms with Crippen molar-refractivity contribution in [2.75, 3.05) is 23.6 Å². The number of nitrogens with zero attached hydrogens (tertiary/aromatic N) is 1. The van der Waals surface area contributed by atoms with E-state index in [9.17, 15) is 13.2 Å². The van der Waals surface area contributed by atoms with E-state index < -0.39 is 10.0 Å². The fraction of sp³-hybridized carbons (Fsp3) is 0.429. The number of carbonyl (C=O) groups excluding carboxylic acids is 1. The molecule has 0 aliphatic rings. The maximum atomic E-state index is 11.8. The molecule has 1 aromatic carbocycles. The third-order valence-corrected chi connectivity index (χ3v) is 3.94. The molecule has 0 aliphatic carbocycles. The Hall–Kier alpha value is -2.56. The van der Waals surface area contributed by atoms with Crippen LogP contribution < -0.4 is 21.5 Å². The van der Waals surface area contributed by atoms with E-state index in [4.69, 9.17) is 21.0 Å². The summed E-state index contributed by atoms with van der Waals surface area (Å²) >= 11 is 0. The topological polar surface area (TPSA) is 149 Å². The van der Waals surface area contributed by atoms with Gasteiger partial charge in [0.15, 0.2) is 0 Å². The van der Waals surface area contributed by atoms with Crippen LogP contribution in [0.3, 0.4) is 0 Å². The lowest BCUT2D eigenvalue weighted by atomic mass is 10.1. The van der Waals surface area contributed by atoms with Crippen molar-refractivity contribution >= 4 is 27.6 Å². The zero-order chi connectivity index (χ0) is 19.3. The minimum atomic E-state index is -3.35. The van der Waals surface area contributed by atoms with Crippen LogP contribution in [0.1, 0.15) is 24.2 Å². The van der Waals surface area contributed by atoms with E-state index in [-0.39, 0.29) is 48.9 Å². The van der Waals surface area contributed by atoms with Crippen molar-refractivity contribution in [3.05, 3.63) is 29.8 Å². The highest BCUT2D eigenvalue weighted by Gasteiger charge is 2.08. The van der Waals surface area contributed by atoms with Gasteiger partial charge in [-0.15, -0.1) is 0 Å². The van der Waals surface area contributed by atoms with Gasteiger partial charge in [-0.05, 0) is 29.8 Å². The first-order valence-electron chi connectivity index (χ1n) is 7.27. The highest BCUT2D eigenvalue weighted by molar-refractivity contribution is 7.92. The molecule has 1 aromatic rings. The van der Waals surface area contributed by atoms with E-state index in [2.05, 4.69) is 16.6 Å². The first-order valence-corrected chi connectivity index (χ1v) is 8.54. The number of anilines is 1. The molecule has 0 bridgehead atoms. The maximum absolute atomic E-state index is 11.8. The lowest BCUT2D eigenvalue weighted by molar-refractivity contribution is -0.120. The van der Waals surface area contributed by atoms with E-state index in [1.54, 1.807) is 31.2 Å². The molecule has 1 rings (SSSR count). The van der Waals surface area contributed by atoms with Crippen LogP contribution in [0.5, 0.6) is 0 Å². The van der Waals surface area contributed by atoms with E-state index in [0.29, 0.717) is 11.3 Å². The van der Waals surface area contributed by atoms with Crippen molar-refractivity contribution in [3.63, 3.8) is 0 Å². The fourth-order valence-electron chi connectivity index (χ4n) is 1.60. The van der Waals surface area contributed by atoms with Gasteiger partial charge in [0.1, 0.15) is 6.61 Å². The van der Waals surface area contributed by atoms with Crippen molar-refractivity contribution in [1.29, 1.82) is 1.45 Å². The van der Waals surface area contributed by atoms with Gasteiger partial charge in [-0.1, -0.05) is 19.6 Å². The predicted molar refractivity (Wildman–Crippen MR) is 104 cm³/mol. The molecule has 25 heavy (non-hydrogen) atoms. The lowest BCUT2D eigenvalue weighted by Gasteiger charge is -2.08. The molecule has 0 spiro atoms. The summed E-state index contributed by atoms with van der Waals surface area (Å²) in [6.45, 7) is 1.93. The van der Waals surface area contributed by atoms with Gasteiger partial charge in [0.05, 0.1) is 18.7 Å². The molecule has 0 atom stereocenters. The minimum Gasteiger partial charge on any atom is -0.391 e.